The molecule has 0 aliphatic carbocycles. The van der Waals surface area contributed by atoms with Gasteiger partial charge in [-0.3, -0.25) is 14.5 Å². The van der Waals surface area contributed by atoms with E-state index in [0.29, 0.717) is 16.3 Å². The van der Waals surface area contributed by atoms with E-state index in [0.717, 1.165) is 16.5 Å². The fraction of sp³-hybridized carbons (Fsp3) is 0.0526. The minimum Gasteiger partial charge on any atom is -0.323 e. The molecule has 0 fully saturated rings. The maximum absolute atomic E-state index is 12.7. The molecular formula is C19H11Cl3N2O2. The van der Waals surface area contributed by atoms with Crippen molar-refractivity contribution in [1.29, 1.82) is 0 Å². The second-order valence-corrected chi connectivity index (χ2v) is 7.09. The lowest BCUT2D eigenvalue weighted by molar-refractivity contribution is -0.114. The summed E-state index contributed by atoms with van der Waals surface area (Å²) in [6.45, 7) is -0.136. The predicted octanol–water partition coefficient (Wildman–Crippen LogP) is 5.40. The van der Waals surface area contributed by atoms with Crippen molar-refractivity contribution in [2.75, 3.05) is 16.8 Å². The zero-order valence-corrected chi connectivity index (χ0v) is 15.5. The van der Waals surface area contributed by atoms with Crippen molar-refractivity contribution in [1.82, 2.24) is 0 Å². The maximum atomic E-state index is 12.7. The molecule has 4 rings (SSSR count). The highest BCUT2D eigenvalue weighted by Crippen LogP contribution is 2.37. The summed E-state index contributed by atoms with van der Waals surface area (Å²) in [4.78, 5) is 26.7. The highest BCUT2D eigenvalue weighted by Gasteiger charge is 2.30. The summed E-state index contributed by atoms with van der Waals surface area (Å²) in [5.41, 5.74) is 1.66. The van der Waals surface area contributed by atoms with Crippen molar-refractivity contribution in [2.45, 2.75) is 0 Å². The topological polar surface area (TPSA) is 49.4 Å². The molecule has 130 valence electrons. The number of hydrogen-bond donors (Lipinski definition) is 1. The number of rotatable bonds is 3. The second kappa shape index (κ2) is 6.47. The molecule has 3 aromatic carbocycles. The number of halogens is 3. The van der Waals surface area contributed by atoms with Crippen LogP contribution in [0.3, 0.4) is 0 Å². The van der Waals surface area contributed by atoms with E-state index >= 15 is 0 Å². The predicted molar refractivity (Wildman–Crippen MR) is 106 cm³/mol. The molecule has 1 heterocycles. The van der Waals surface area contributed by atoms with Crippen LogP contribution in [0.25, 0.3) is 10.8 Å². The molecule has 0 spiro atoms. The van der Waals surface area contributed by atoms with Crippen LogP contribution in [0.1, 0.15) is 10.4 Å². The van der Waals surface area contributed by atoms with Gasteiger partial charge in [-0.1, -0.05) is 59.1 Å². The first kappa shape index (κ1) is 17.2. The first-order valence-corrected chi connectivity index (χ1v) is 8.87. The third kappa shape index (κ3) is 2.80. The van der Waals surface area contributed by atoms with Crippen LogP contribution in [0.4, 0.5) is 11.4 Å². The molecule has 1 aliphatic rings. The lowest BCUT2D eigenvalue weighted by Gasteiger charge is -2.17. The summed E-state index contributed by atoms with van der Waals surface area (Å²) >= 11 is 18.0. The number of amides is 2. The van der Waals surface area contributed by atoms with Crippen LogP contribution >= 0.6 is 34.8 Å². The van der Waals surface area contributed by atoms with E-state index in [1.807, 2.05) is 30.3 Å². The van der Waals surface area contributed by atoms with Gasteiger partial charge in [0.2, 0.25) is 5.91 Å². The van der Waals surface area contributed by atoms with Crippen molar-refractivity contribution in [2.24, 2.45) is 0 Å². The van der Waals surface area contributed by atoms with Gasteiger partial charge in [0, 0.05) is 10.9 Å². The van der Waals surface area contributed by atoms with Gasteiger partial charge >= 0.3 is 0 Å². The lowest BCUT2D eigenvalue weighted by atomic mass is 10.1. The highest BCUT2D eigenvalue weighted by atomic mass is 35.5. The van der Waals surface area contributed by atoms with Crippen molar-refractivity contribution >= 4 is 68.8 Å². The molecule has 0 unspecified atom stereocenters. The smallest absolute Gasteiger partial charge is 0.259 e. The summed E-state index contributed by atoms with van der Waals surface area (Å²) in [6, 6.07) is 14.1. The molecule has 0 aromatic heterocycles. The minimum atomic E-state index is -0.386. The third-order valence-electron chi connectivity index (χ3n) is 4.23. The van der Waals surface area contributed by atoms with Crippen molar-refractivity contribution < 1.29 is 9.59 Å². The molecule has 0 saturated carbocycles. The summed E-state index contributed by atoms with van der Waals surface area (Å²) in [5.74, 6) is -0.587. The Morgan fingerprint density at radius 3 is 2.42 bits per heavy atom. The summed E-state index contributed by atoms with van der Waals surface area (Å²) in [5, 5.41) is 5.35. The molecule has 0 bridgehead atoms. The Balaban J connectivity index is 1.61. The first-order valence-electron chi connectivity index (χ1n) is 7.73. The van der Waals surface area contributed by atoms with Crippen LogP contribution in [0.2, 0.25) is 15.1 Å². The van der Waals surface area contributed by atoms with Crippen molar-refractivity contribution in [3.05, 3.63) is 69.2 Å². The van der Waals surface area contributed by atoms with E-state index in [1.54, 1.807) is 6.07 Å². The largest absolute Gasteiger partial charge is 0.323 e. The zero-order chi connectivity index (χ0) is 18.4. The number of anilines is 2. The Bertz CT molecular complexity index is 1080. The number of carbonyl (C=O) groups excluding carboxylic acids is 2. The van der Waals surface area contributed by atoms with E-state index < -0.39 is 0 Å². The Morgan fingerprint density at radius 1 is 0.962 bits per heavy atom. The Hall–Kier alpha value is -2.27. The summed E-state index contributed by atoms with van der Waals surface area (Å²) in [7, 11) is 0. The first-order chi connectivity index (χ1) is 12.5. The molecule has 0 saturated heterocycles. The van der Waals surface area contributed by atoms with Crippen LogP contribution in [0, 0.1) is 0 Å². The lowest BCUT2D eigenvalue weighted by Crippen LogP contribution is -2.35. The van der Waals surface area contributed by atoms with Gasteiger partial charge < -0.3 is 5.32 Å². The maximum Gasteiger partial charge on any atom is 0.259 e. The van der Waals surface area contributed by atoms with Gasteiger partial charge in [-0.05, 0) is 29.7 Å². The molecule has 1 aliphatic heterocycles. The second-order valence-electron chi connectivity index (χ2n) is 5.87. The Morgan fingerprint density at radius 2 is 1.65 bits per heavy atom. The fourth-order valence-electron chi connectivity index (χ4n) is 3.09. The number of carbonyl (C=O) groups is 2. The molecular weight excluding hydrogens is 395 g/mol. The molecule has 3 aromatic rings. The van der Waals surface area contributed by atoms with Gasteiger partial charge in [-0.25, -0.2) is 0 Å². The highest BCUT2D eigenvalue weighted by molar-refractivity contribution is 6.44. The molecule has 7 heteroatoms. The summed E-state index contributed by atoms with van der Waals surface area (Å²) in [6.07, 6.45) is 0. The van der Waals surface area contributed by atoms with Gasteiger partial charge in [0.15, 0.2) is 0 Å². The van der Waals surface area contributed by atoms with Gasteiger partial charge in [-0.15, -0.1) is 0 Å². The Kier molecular flexibility index (Phi) is 4.27. The van der Waals surface area contributed by atoms with Crippen LogP contribution in [-0.2, 0) is 4.79 Å². The normalized spacial score (nSPS) is 12.7. The zero-order valence-electron chi connectivity index (χ0n) is 13.2. The van der Waals surface area contributed by atoms with Crippen LogP contribution in [-0.4, -0.2) is 18.4 Å². The quantitative estimate of drug-likeness (QED) is 0.593. The monoisotopic (exact) mass is 404 g/mol. The minimum absolute atomic E-state index is 0.136. The average Bonchev–Trinajstić information content (AvgIpc) is 2.88. The van der Waals surface area contributed by atoms with Crippen LogP contribution < -0.4 is 10.2 Å². The molecule has 2 amide bonds. The number of nitrogens with one attached hydrogen (secondary N) is 1. The SMILES string of the molecule is O=C(CN1C(=O)c2cccc3cccc1c23)Nc1cc(Cl)c(Cl)cc1Cl. The van der Waals surface area contributed by atoms with E-state index in [4.69, 9.17) is 34.8 Å². The average molecular weight is 406 g/mol. The number of nitrogens with zero attached hydrogens (tertiary/aromatic N) is 1. The fourth-order valence-corrected chi connectivity index (χ4v) is 3.68. The van der Waals surface area contributed by atoms with E-state index in [1.165, 1.54) is 17.0 Å². The van der Waals surface area contributed by atoms with Crippen LogP contribution in [0.15, 0.2) is 48.5 Å². The van der Waals surface area contributed by atoms with Crippen molar-refractivity contribution in [3.8, 4) is 0 Å². The van der Waals surface area contributed by atoms with Gasteiger partial charge in [0.25, 0.3) is 5.91 Å². The van der Waals surface area contributed by atoms with E-state index in [2.05, 4.69) is 5.32 Å². The van der Waals surface area contributed by atoms with E-state index in [9.17, 15) is 9.59 Å². The van der Waals surface area contributed by atoms with Gasteiger partial charge in [0.05, 0.1) is 26.4 Å². The van der Waals surface area contributed by atoms with Gasteiger partial charge in [0.1, 0.15) is 6.54 Å². The number of benzene rings is 3. The van der Waals surface area contributed by atoms with E-state index in [-0.39, 0.29) is 28.4 Å². The van der Waals surface area contributed by atoms with Crippen LogP contribution in [0.5, 0.6) is 0 Å². The molecule has 1 N–H and O–H groups in total. The number of hydrogen-bond acceptors (Lipinski definition) is 2. The van der Waals surface area contributed by atoms with Gasteiger partial charge in [-0.2, -0.15) is 0 Å². The van der Waals surface area contributed by atoms with Crippen molar-refractivity contribution in [3.63, 3.8) is 0 Å². The third-order valence-corrected chi connectivity index (χ3v) is 5.27. The molecule has 0 atom stereocenters. The molecule has 0 radical (unpaired) electrons. The molecule has 26 heavy (non-hydrogen) atoms. The molecule has 4 nitrogen and oxygen atoms in total. The summed E-state index contributed by atoms with van der Waals surface area (Å²) < 4.78 is 0. The standard InChI is InChI=1S/C19H11Cl3N2O2/c20-12-7-14(22)15(8-13(12)21)23-17(25)9-24-16-6-2-4-10-3-1-5-11(18(10)16)19(24)26/h1-8H,9H2,(H,23,25). The Labute approximate surface area is 164 Å².